The van der Waals surface area contributed by atoms with Crippen LogP contribution in [0.25, 0.3) is 22.2 Å². The number of aromatic nitrogens is 3. The van der Waals surface area contributed by atoms with E-state index in [0.29, 0.717) is 11.8 Å². The molecule has 0 radical (unpaired) electrons. The Morgan fingerprint density at radius 1 is 1.09 bits per heavy atom. The summed E-state index contributed by atoms with van der Waals surface area (Å²) >= 11 is 0. The first kappa shape index (κ1) is 19.8. The molecule has 4 aromatic rings. The van der Waals surface area contributed by atoms with Crippen LogP contribution in [0.5, 0.6) is 0 Å². The first-order valence-electron chi connectivity index (χ1n) is 10.4. The predicted octanol–water partition coefficient (Wildman–Crippen LogP) is 5.70. The summed E-state index contributed by atoms with van der Waals surface area (Å²) in [6, 6.07) is 16.2. The molecule has 1 N–H and O–H groups in total. The van der Waals surface area contributed by atoms with Crippen LogP contribution in [0, 0.1) is 11.8 Å². The monoisotopic (exact) mass is 421 g/mol. The number of benzene rings is 2. The van der Waals surface area contributed by atoms with E-state index in [1.54, 1.807) is 13.1 Å². The molecule has 6 heteroatoms. The van der Waals surface area contributed by atoms with E-state index in [2.05, 4.69) is 50.0 Å². The molecule has 2 aromatic carbocycles. The Bertz CT molecular complexity index is 1440. The Morgan fingerprint density at radius 3 is 2.78 bits per heavy atom. The van der Waals surface area contributed by atoms with Gasteiger partial charge in [0.15, 0.2) is 0 Å². The lowest BCUT2D eigenvalue weighted by molar-refractivity contribution is 0.0932. The quantitative estimate of drug-likeness (QED) is 0.431. The number of nitrogens with one attached hydrogen (secondary N) is 1. The van der Waals surface area contributed by atoms with Crippen molar-refractivity contribution in [3.05, 3.63) is 66.5 Å². The molecule has 0 spiro atoms. The van der Waals surface area contributed by atoms with Gasteiger partial charge in [-0.05, 0) is 51.0 Å². The maximum Gasteiger partial charge on any atom is 0.269 e. The normalized spacial score (nSPS) is 14.1. The Kier molecular flexibility index (Phi) is 4.67. The smallest absolute Gasteiger partial charge is 0.269 e. The summed E-state index contributed by atoms with van der Waals surface area (Å²) < 4.78 is 8.04. The zero-order valence-corrected chi connectivity index (χ0v) is 18.5. The minimum Gasteiger partial charge on any atom is -0.460 e. The highest BCUT2D eigenvalue weighted by atomic mass is 16.5. The van der Waals surface area contributed by atoms with Crippen molar-refractivity contribution >= 4 is 34.1 Å². The molecule has 0 saturated heterocycles. The Balaban J connectivity index is 1.50. The van der Waals surface area contributed by atoms with Crippen LogP contribution in [-0.2, 0) is 17.4 Å². The van der Waals surface area contributed by atoms with E-state index in [4.69, 9.17) is 9.72 Å². The van der Waals surface area contributed by atoms with E-state index in [1.807, 2.05) is 57.3 Å². The zero-order valence-electron chi connectivity index (χ0n) is 18.5. The fourth-order valence-corrected chi connectivity index (χ4v) is 4.04. The molecule has 2 aromatic heterocycles. The summed E-state index contributed by atoms with van der Waals surface area (Å²) in [5.41, 5.74) is 5.29. The number of para-hydroxylation sites is 1. The lowest BCUT2D eigenvalue weighted by atomic mass is 9.94. The van der Waals surface area contributed by atoms with Gasteiger partial charge in [0, 0.05) is 47.2 Å². The van der Waals surface area contributed by atoms with Crippen molar-refractivity contribution in [1.82, 2.24) is 14.5 Å². The molecule has 0 atom stereocenters. The van der Waals surface area contributed by atoms with Crippen LogP contribution in [0.1, 0.15) is 26.3 Å². The van der Waals surface area contributed by atoms with Crippen LogP contribution < -0.4 is 5.32 Å². The standard InChI is InChI=1S/C26H23N5O/c1-5-8-24-29-22-15-17(11-12-20(22)26(2,3)32-24)28-25-27-14-13-21(30-25)19-16-31(4)23-10-7-6-9-18(19)23/h6-7,9-16H,1-4H3,(H,27,28,30). The summed E-state index contributed by atoms with van der Waals surface area (Å²) in [6.45, 7) is 5.80. The van der Waals surface area contributed by atoms with Crippen molar-refractivity contribution in [1.29, 1.82) is 0 Å². The average molecular weight is 422 g/mol. The maximum absolute atomic E-state index is 5.93. The number of hydrogen-bond acceptors (Lipinski definition) is 5. The summed E-state index contributed by atoms with van der Waals surface area (Å²) in [5, 5.41) is 4.48. The summed E-state index contributed by atoms with van der Waals surface area (Å²) in [4.78, 5) is 13.8. The molecular formula is C26H23N5O. The molecule has 158 valence electrons. The van der Waals surface area contributed by atoms with Gasteiger partial charge in [0.2, 0.25) is 5.95 Å². The van der Waals surface area contributed by atoms with Crippen molar-refractivity contribution in [2.45, 2.75) is 26.4 Å². The second-order valence-electron chi connectivity index (χ2n) is 8.20. The first-order valence-corrected chi connectivity index (χ1v) is 10.4. The van der Waals surface area contributed by atoms with Gasteiger partial charge in [-0.25, -0.2) is 15.0 Å². The van der Waals surface area contributed by atoms with Gasteiger partial charge >= 0.3 is 0 Å². The number of rotatable bonds is 3. The second-order valence-corrected chi connectivity index (χ2v) is 8.20. The second kappa shape index (κ2) is 7.54. The van der Waals surface area contributed by atoms with E-state index in [9.17, 15) is 0 Å². The van der Waals surface area contributed by atoms with E-state index < -0.39 is 5.60 Å². The molecule has 1 aliphatic heterocycles. The van der Waals surface area contributed by atoms with Gasteiger partial charge in [-0.1, -0.05) is 30.2 Å². The van der Waals surface area contributed by atoms with Gasteiger partial charge in [0.25, 0.3) is 5.90 Å². The van der Waals surface area contributed by atoms with Crippen LogP contribution >= 0.6 is 0 Å². The number of ether oxygens (including phenoxy) is 1. The van der Waals surface area contributed by atoms with Gasteiger partial charge in [0.1, 0.15) is 5.60 Å². The van der Waals surface area contributed by atoms with Crippen LogP contribution in [0.15, 0.2) is 65.9 Å². The van der Waals surface area contributed by atoms with E-state index in [1.165, 1.54) is 5.52 Å². The van der Waals surface area contributed by atoms with E-state index >= 15 is 0 Å². The summed E-state index contributed by atoms with van der Waals surface area (Å²) in [6.07, 6.45) is 3.87. The van der Waals surface area contributed by atoms with Gasteiger partial charge in [-0.2, -0.15) is 0 Å². The average Bonchev–Trinajstić information content (AvgIpc) is 3.10. The zero-order chi connectivity index (χ0) is 22.3. The molecule has 32 heavy (non-hydrogen) atoms. The molecule has 1 aliphatic rings. The fourth-order valence-electron chi connectivity index (χ4n) is 4.04. The Hall–Kier alpha value is -4.11. The minimum atomic E-state index is -0.500. The van der Waals surface area contributed by atoms with Crippen LogP contribution in [0.2, 0.25) is 0 Å². The Morgan fingerprint density at radius 2 is 1.94 bits per heavy atom. The molecule has 3 heterocycles. The lowest BCUT2D eigenvalue weighted by Crippen LogP contribution is -2.28. The van der Waals surface area contributed by atoms with Crippen LogP contribution in [0.3, 0.4) is 0 Å². The molecule has 6 nitrogen and oxygen atoms in total. The number of fused-ring (bicyclic) bond motifs is 2. The minimum absolute atomic E-state index is 0.427. The molecule has 0 unspecified atom stereocenters. The number of nitrogens with zero attached hydrogens (tertiary/aromatic N) is 4. The number of aliphatic imine (C=N–C) groups is 1. The van der Waals surface area contributed by atoms with Crippen molar-refractivity contribution in [2.24, 2.45) is 12.0 Å². The largest absolute Gasteiger partial charge is 0.460 e. The van der Waals surface area contributed by atoms with E-state index in [0.717, 1.165) is 33.6 Å². The predicted molar refractivity (Wildman–Crippen MR) is 128 cm³/mol. The summed E-state index contributed by atoms with van der Waals surface area (Å²) in [5.74, 6) is 6.73. The molecule has 0 aliphatic carbocycles. The highest BCUT2D eigenvalue weighted by Crippen LogP contribution is 2.39. The SMILES string of the molecule is CC#CC1=Nc2cc(Nc3nccc(-c4cn(C)c5ccccc45)n3)ccc2C(C)(C)O1. The maximum atomic E-state index is 5.93. The van der Waals surface area contributed by atoms with E-state index in [-0.39, 0.29) is 0 Å². The number of anilines is 2. The third-order valence-corrected chi connectivity index (χ3v) is 5.54. The van der Waals surface area contributed by atoms with Gasteiger partial charge in [-0.3, -0.25) is 0 Å². The van der Waals surface area contributed by atoms with Gasteiger partial charge in [0.05, 0.1) is 11.4 Å². The molecular weight excluding hydrogens is 398 g/mol. The van der Waals surface area contributed by atoms with Crippen molar-refractivity contribution < 1.29 is 4.74 Å². The Labute approximate surface area is 187 Å². The van der Waals surface area contributed by atoms with Crippen LogP contribution in [0.4, 0.5) is 17.3 Å². The highest BCUT2D eigenvalue weighted by Gasteiger charge is 2.31. The van der Waals surface area contributed by atoms with Crippen molar-refractivity contribution in [3.63, 3.8) is 0 Å². The molecule has 5 rings (SSSR count). The molecule has 0 saturated carbocycles. The van der Waals surface area contributed by atoms with Gasteiger partial charge in [-0.15, -0.1) is 0 Å². The molecule has 0 bridgehead atoms. The summed E-state index contributed by atoms with van der Waals surface area (Å²) in [7, 11) is 2.04. The topological polar surface area (TPSA) is 64.3 Å². The highest BCUT2D eigenvalue weighted by molar-refractivity contribution is 5.97. The first-order chi connectivity index (χ1) is 15.4. The van der Waals surface area contributed by atoms with Crippen molar-refractivity contribution in [3.8, 4) is 23.1 Å². The fraction of sp³-hybridized carbons (Fsp3) is 0.192. The third kappa shape index (κ3) is 3.48. The van der Waals surface area contributed by atoms with Crippen LogP contribution in [-0.4, -0.2) is 20.4 Å². The third-order valence-electron chi connectivity index (χ3n) is 5.54. The number of aryl methyl sites for hydroxylation is 1. The lowest BCUT2D eigenvalue weighted by Gasteiger charge is -2.31. The number of hydrogen-bond donors (Lipinski definition) is 1. The molecule has 0 fully saturated rings. The van der Waals surface area contributed by atoms with Crippen molar-refractivity contribution in [2.75, 3.05) is 5.32 Å². The molecule has 0 amide bonds. The van der Waals surface area contributed by atoms with Gasteiger partial charge < -0.3 is 14.6 Å².